The summed E-state index contributed by atoms with van der Waals surface area (Å²) in [6.45, 7) is 8.85. The molecule has 1 saturated heterocycles. The molecule has 2 rings (SSSR count). The third-order valence-corrected chi connectivity index (χ3v) is 4.51. The van der Waals surface area contributed by atoms with Crippen LogP contribution in [0.15, 0.2) is 0 Å². The average Bonchev–Trinajstić information content (AvgIpc) is 2.79. The summed E-state index contributed by atoms with van der Waals surface area (Å²) in [4.78, 5) is 2.69. The fourth-order valence-electron chi connectivity index (χ4n) is 2.12. The van der Waals surface area contributed by atoms with Gasteiger partial charge in [0.15, 0.2) is 0 Å². The zero-order valence-electron chi connectivity index (χ0n) is 8.88. The number of nitrogens with zero attached hydrogens (tertiary/aromatic N) is 1. The van der Waals surface area contributed by atoms with E-state index in [2.05, 4.69) is 30.5 Å². The van der Waals surface area contributed by atoms with Crippen molar-refractivity contribution in [2.75, 3.05) is 31.1 Å². The zero-order valence-corrected chi connectivity index (χ0v) is 9.70. The highest BCUT2D eigenvalue weighted by Gasteiger charge is 2.38. The summed E-state index contributed by atoms with van der Waals surface area (Å²) in [7, 11) is 0. The maximum atomic E-state index is 2.69. The normalized spacial score (nSPS) is 34.2. The maximum absolute atomic E-state index is 2.69. The number of rotatable bonds is 2. The fraction of sp³-hybridized carbons (Fsp3) is 1.00. The molecule has 0 N–H and O–H groups in total. The highest BCUT2D eigenvalue weighted by atomic mass is 32.2. The summed E-state index contributed by atoms with van der Waals surface area (Å²) in [5, 5.41) is 0. The number of thioether (sulfide) groups is 1. The molecule has 2 heteroatoms. The highest BCUT2D eigenvalue weighted by molar-refractivity contribution is 7.99. The van der Waals surface area contributed by atoms with Crippen LogP contribution < -0.4 is 0 Å². The Hall–Kier alpha value is 0.310. The van der Waals surface area contributed by atoms with E-state index >= 15 is 0 Å². The minimum atomic E-state index is 0.703. The van der Waals surface area contributed by atoms with Crippen molar-refractivity contribution < 1.29 is 0 Å². The van der Waals surface area contributed by atoms with Gasteiger partial charge in [-0.3, -0.25) is 0 Å². The van der Waals surface area contributed by atoms with Gasteiger partial charge >= 0.3 is 0 Å². The van der Waals surface area contributed by atoms with Crippen molar-refractivity contribution in [3.05, 3.63) is 0 Å². The third kappa shape index (κ3) is 2.88. The summed E-state index contributed by atoms with van der Waals surface area (Å²) in [6, 6.07) is 0. The van der Waals surface area contributed by atoms with Crippen molar-refractivity contribution >= 4 is 11.8 Å². The first-order chi connectivity index (χ1) is 6.18. The van der Waals surface area contributed by atoms with Gasteiger partial charge in [-0.25, -0.2) is 0 Å². The SMILES string of the molecule is CC1CSCCN(CC2(C)CC2)C1. The standard InChI is InChI=1S/C11H21NS/c1-10-7-12(5-6-13-8-10)9-11(2)3-4-11/h10H,3-9H2,1-2H3. The quantitative estimate of drug-likeness (QED) is 0.672. The molecule has 2 aliphatic rings. The van der Waals surface area contributed by atoms with Crippen LogP contribution in [0, 0.1) is 11.3 Å². The molecule has 1 heterocycles. The van der Waals surface area contributed by atoms with Crippen LogP contribution in [0.4, 0.5) is 0 Å². The summed E-state index contributed by atoms with van der Waals surface area (Å²) < 4.78 is 0. The van der Waals surface area contributed by atoms with Crippen molar-refractivity contribution in [3.63, 3.8) is 0 Å². The molecular weight excluding hydrogens is 178 g/mol. The lowest BCUT2D eigenvalue weighted by atomic mass is 10.1. The van der Waals surface area contributed by atoms with Crippen LogP contribution in [0.5, 0.6) is 0 Å². The molecule has 1 aliphatic carbocycles. The van der Waals surface area contributed by atoms with E-state index in [0.29, 0.717) is 5.41 Å². The van der Waals surface area contributed by atoms with Gasteiger partial charge in [-0.2, -0.15) is 11.8 Å². The molecule has 1 saturated carbocycles. The van der Waals surface area contributed by atoms with E-state index in [1.165, 1.54) is 44.0 Å². The molecule has 0 bridgehead atoms. The molecule has 0 aromatic carbocycles. The van der Waals surface area contributed by atoms with Gasteiger partial charge in [0.1, 0.15) is 0 Å². The second-order valence-electron chi connectivity index (χ2n) is 5.23. The molecule has 2 fully saturated rings. The molecule has 0 spiro atoms. The Morgan fingerprint density at radius 3 is 2.92 bits per heavy atom. The van der Waals surface area contributed by atoms with Crippen molar-refractivity contribution in [3.8, 4) is 0 Å². The molecule has 0 amide bonds. The van der Waals surface area contributed by atoms with Crippen molar-refractivity contribution in [2.24, 2.45) is 11.3 Å². The second kappa shape index (κ2) is 3.82. The highest BCUT2D eigenvalue weighted by Crippen LogP contribution is 2.45. The van der Waals surface area contributed by atoms with E-state index in [-0.39, 0.29) is 0 Å². The third-order valence-electron chi connectivity index (χ3n) is 3.23. The molecule has 1 aliphatic heterocycles. The average molecular weight is 199 g/mol. The molecule has 1 nitrogen and oxygen atoms in total. The number of hydrogen-bond donors (Lipinski definition) is 0. The van der Waals surface area contributed by atoms with E-state index in [0.717, 1.165) is 5.92 Å². The van der Waals surface area contributed by atoms with Crippen LogP contribution in [0.3, 0.4) is 0 Å². The van der Waals surface area contributed by atoms with Gasteiger partial charge < -0.3 is 4.90 Å². The van der Waals surface area contributed by atoms with Crippen molar-refractivity contribution in [1.82, 2.24) is 4.90 Å². The Morgan fingerprint density at radius 2 is 2.23 bits per heavy atom. The maximum Gasteiger partial charge on any atom is 0.00727 e. The largest absolute Gasteiger partial charge is 0.302 e. The van der Waals surface area contributed by atoms with Crippen LogP contribution in [-0.2, 0) is 0 Å². The van der Waals surface area contributed by atoms with Crippen LogP contribution in [-0.4, -0.2) is 36.0 Å². The molecule has 0 aromatic rings. The lowest BCUT2D eigenvalue weighted by Crippen LogP contribution is -2.33. The van der Waals surface area contributed by atoms with Gasteiger partial charge in [0.05, 0.1) is 0 Å². The lowest BCUT2D eigenvalue weighted by Gasteiger charge is -2.25. The first kappa shape index (κ1) is 9.85. The second-order valence-corrected chi connectivity index (χ2v) is 6.38. The Morgan fingerprint density at radius 1 is 1.46 bits per heavy atom. The predicted molar refractivity (Wildman–Crippen MR) is 60.3 cm³/mol. The van der Waals surface area contributed by atoms with E-state index in [9.17, 15) is 0 Å². The summed E-state index contributed by atoms with van der Waals surface area (Å²) >= 11 is 2.13. The smallest absolute Gasteiger partial charge is 0.00727 e. The first-order valence-electron chi connectivity index (χ1n) is 5.48. The first-order valence-corrected chi connectivity index (χ1v) is 6.64. The summed E-state index contributed by atoms with van der Waals surface area (Å²) in [6.07, 6.45) is 2.93. The van der Waals surface area contributed by atoms with Crippen LogP contribution in [0.25, 0.3) is 0 Å². The topological polar surface area (TPSA) is 3.24 Å². The molecule has 0 aromatic heterocycles. The molecule has 1 unspecified atom stereocenters. The van der Waals surface area contributed by atoms with Gasteiger partial charge in [-0.1, -0.05) is 13.8 Å². The van der Waals surface area contributed by atoms with Gasteiger partial charge in [0.25, 0.3) is 0 Å². The van der Waals surface area contributed by atoms with E-state index in [4.69, 9.17) is 0 Å². The molecular formula is C11H21NS. The predicted octanol–water partition coefficient (Wildman–Crippen LogP) is 2.47. The monoisotopic (exact) mass is 199 g/mol. The van der Waals surface area contributed by atoms with Crippen LogP contribution in [0.1, 0.15) is 26.7 Å². The Balaban J connectivity index is 1.82. The Kier molecular flexibility index (Phi) is 2.89. The Labute approximate surface area is 86.3 Å². The molecule has 1 atom stereocenters. The minimum Gasteiger partial charge on any atom is -0.302 e. The van der Waals surface area contributed by atoms with Crippen LogP contribution >= 0.6 is 11.8 Å². The van der Waals surface area contributed by atoms with E-state index in [1.807, 2.05) is 0 Å². The summed E-state index contributed by atoms with van der Waals surface area (Å²) in [5.74, 6) is 3.61. The summed E-state index contributed by atoms with van der Waals surface area (Å²) in [5.41, 5.74) is 0.703. The molecule has 0 radical (unpaired) electrons. The Bertz CT molecular complexity index is 177. The molecule has 13 heavy (non-hydrogen) atoms. The lowest BCUT2D eigenvalue weighted by molar-refractivity contribution is 0.222. The van der Waals surface area contributed by atoms with Crippen molar-refractivity contribution in [1.29, 1.82) is 0 Å². The van der Waals surface area contributed by atoms with Crippen LogP contribution in [0.2, 0.25) is 0 Å². The van der Waals surface area contributed by atoms with E-state index in [1.54, 1.807) is 0 Å². The fourth-order valence-corrected chi connectivity index (χ4v) is 3.18. The van der Waals surface area contributed by atoms with Gasteiger partial charge in [-0.15, -0.1) is 0 Å². The zero-order chi connectivity index (χ0) is 9.31. The van der Waals surface area contributed by atoms with Gasteiger partial charge in [0, 0.05) is 25.4 Å². The minimum absolute atomic E-state index is 0.703. The van der Waals surface area contributed by atoms with E-state index < -0.39 is 0 Å². The van der Waals surface area contributed by atoms with Crippen molar-refractivity contribution in [2.45, 2.75) is 26.7 Å². The van der Waals surface area contributed by atoms with Gasteiger partial charge in [0.2, 0.25) is 0 Å². The number of hydrogen-bond acceptors (Lipinski definition) is 2. The molecule has 76 valence electrons. The van der Waals surface area contributed by atoms with Gasteiger partial charge in [-0.05, 0) is 29.9 Å².